The van der Waals surface area contributed by atoms with Crippen molar-refractivity contribution in [2.75, 3.05) is 6.54 Å². The van der Waals surface area contributed by atoms with E-state index < -0.39 is 0 Å². The van der Waals surface area contributed by atoms with Crippen molar-refractivity contribution in [3.8, 4) is 0 Å². The SMILES string of the molecule is CCCC1CCCCN1Cc1cccc(/C(N)=N/O)c1F. The van der Waals surface area contributed by atoms with Crippen molar-refractivity contribution in [2.45, 2.75) is 51.6 Å². The van der Waals surface area contributed by atoms with Crippen LogP contribution in [0, 0.1) is 5.82 Å². The van der Waals surface area contributed by atoms with Gasteiger partial charge in [0.15, 0.2) is 5.84 Å². The summed E-state index contributed by atoms with van der Waals surface area (Å²) in [5, 5.41) is 11.6. The van der Waals surface area contributed by atoms with Crippen LogP contribution in [0.15, 0.2) is 23.4 Å². The van der Waals surface area contributed by atoms with E-state index in [9.17, 15) is 4.39 Å². The first-order valence-corrected chi connectivity index (χ1v) is 7.66. The second kappa shape index (κ2) is 7.41. The fourth-order valence-electron chi connectivity index (χ4n) is 3.10. The van der Waals surface area contributed by atoms with E-state index in [0.29, 0.717) is 18.2 Å². The molecule has 4 nitrogen and oxygen atoms in total. The molecular weight excluding hydrogens is 269 g/mol. The normalized spacial score (nSPS) is 20.7. The molecule has 1 aliphatic heterocycles. The third-order valence-electron chi connectivity index (χ3n) is 4.21. The monoisotopic (exact) mass is 293 g/mol. The Bertz CT molecular complexity index is 502. The maximum absolute atomic E-state index is 14.5. The van der Waals surface area contributed by atoms with Gasteiger partial charge >= 0.3 is 0 Å². The maximum Gasteiger partial charge on any atom is 0.173 e. The highest BCUT2D eigenvalue weighted by atomic mass is 19.1. The van der Waals surface area contributed by atoms with Crippen molar-refractivity contribution in [3.05, 3.63) is 35.1 Å². The quantitative estimate of drug-likeness (QED) is 0.379. The summed E-state index contributed by atoms with van der Waals surface area (Å²) in [5.41, 5.74) is 6.30. The summed E-state index contributed by atoms with van der Waals surface area (Å²) in [7, 11) is 0. The Morgan fingerprint density at radius 2 is 2.29 bits per heavy atom. The van der Waals surface area contributed by atoms with E-state index >= 15 is 0 Å². The molecule has 2 rings (SSSR count). The van der Waals surface area contributed by atoms with E-state index in [1.54, 1.807) is 12.1 Å². The minimum atomic E-state index is -0.381. The number of likely N-dealkylation sites (tertiary alicyclic amines) is 1. The van der Waals surface area contributed by atoms with E-state index in [2.05, 4.69) is 17.0 Å². The second-order valence-corrected chi connectivity index (χ2v) is 5.67. The topological polar surface area (TPSA) is 61.8 Å². The lowest BCUT2D eigenvalue weighted by atomic mass is 9.97. The number of oxime groups is 1. The Hall–Kier alpha value is -1.62. The molecule has 1 heterocycles. The molecule has 5 heteroatoms. The average molecular weight is 293 g/mol. The number of nitrogens with zero attached hydrogens (tertiary/aromatic N) is 2. The van der Waals surface area contributed by atoms with Gasteiger partial charge in [0.1, 0.15) is 5.82 Å². The van der Waals surface area contributed by atoms with E-state index in [-0.39, 0.29) is 17.2 Å². The number of hydrogen-bond donors (Lipinski definition) is 2. The zero-order valence-corrected chi connectivity index (χ0v) is 12.6. The first kappa shape index (κ1) is 15.8. The highest BCUT2D eigenvalue weighted by Gasteiger charge is 2.23. The predicted molar refractivity (Wildman–Crippen MR) is 81.9 cm³/mol. The minimum Gasteiger partial charge on any atom is -0.409 e. The Balaban J connectivity index is 2.18. The third-order valence-corrected chi connectivity index (χ3v) is 4.21. The summed E-state index contributed by atoms with van der Waals surface area (Å²) in [6.45, 7) is 3.79. The van der Waals surface area contributed by atoms with Gasteiger partial charge in [-0.2, -0.15) is 0 Å². The summed E-state index contributed by atoms with van der Waals surface area (Å²) in [4.78, 5) is 2.36. The summed E-state index contributed by atoms with van der Waals surface area (Å²) in [6, 6.07) is 5.61. The van der Waals surface area contributed by atoms with E-state index in [0.717, 1.165) is 19.4 Å². The molecule has 1 fully saturated rings. The van der Waals surface area contributed by atoms with Crippen molar-refractivity contribution in [3.63, 3.8) is 0 Å². The lowest BCUT2D eigenvalue weighted by molar-refractivity contribution is 0.130. The Labute approximate surface area is 125 Å². The predicted octanol–water partition coefficient (Wildman–Crippen LogP) is 3.07. The zero-order valence-electron chi connectivity index (χ0n) is 12.6. The zero-order chi connectivity index (χ0) is 15.2. The van der Waals surface area contributed by atoms with Gasteiger partial charge in [-0.25, -0.2) is 4.39 Å². The van der Waals surface area contributed by atoms with Crippen LogP contribution in [0.5, 0.6) is 0 Å². The van der Waals surface area contributed by atoms with Crippen molar-refractivity contribution < 1.29 is 9.60 Å². The van der Waals surface area contributed by atoms with Gasteiger partial charge in [0.25, 0.3) is 0 Å². The maximum atomic E-state index is 14.5. The van der Waals surface area contributed by atoms with Crippen molar-refractivity contribution >= 4 is 5.84 Å². The Morgan fingerprint density at radius 3 is 3.00 bits per heavy atom. The molecule has 116 valence electrons. The molecule has 0 saturated carbocycles. The molecular formula is C16H24FN3O. The molecule has 1 unspecified atom stereocenters. The minimum absolute atomic E-state index is 0.166. The number of nitrogens with two attached hydrogens (primary N) is 1. The average Bonchev–Trinajstić information content (AvgIpc) is 2.51. The molecule has 0 aromatic heterocycles. The molecule has 1 aliphatic rings. The van der Waals surface area contributed by atoms with Crippen LogP contribution in [0.3, 0.4) is 0 Å². The molecule has 1 aromatic carbocycles. The Kier molecular flexibility index (Phi) is 5.56. The fraction of sp³-hybridized carbons (Fsp3) is 0.562. The number of benzene rings is 1. The van der Waals surface area contributed by atoms with Crippen LogP contribution in [0.1, 0.15) is 50.2 Å². The molecule has 0 amide bonds. The number of halogens is 1. The molecule has 1 atom stereocenters. The summed E-state index contributed by atoms with van der Waals surface area (Å²) in [6.07, 6.45) is 5.92. The Morgan fingerprint density at radius 1 is 1.48 bits per heavy atom. The number of piperidine rings is 1. The van der Waals surface area contributed by atoms with Crippen LogP contribution in [-0.2, 0) is 6.54 Å². The summed E-state index contributed by atoms with van der Waals surface area (Å²) >= 11 is 0. The lowest BCUT2D eigenvalue weighted by Crippen LogP contribution is -2.39. The molecule has 0 bridgehead atoms. The largest absolute Gasteiger partial charge is 0.409 e. The van der Waals surface area contributed by atoms with Crippen LogP contribution >= 0.6 is 0 Å². The fourth-order valence-corrected chi connectivity index (χ4v) is 3.10. The summed E-state index contributed by atoms with van der Waals surface area (Å²) in [5.74, 6) is -0.563. The van der Waals surface area contributed by atoms with Crippen LogP contribution in [0.4, 0.5) is 4.39 Å². The highest BCUT2D eigenvalue weighted by Crippen LogP contribution is 2.24. The number of amidine groups is 1. The molecule has 1 aromatic rings. The van der Waals surface area contributed by atoms with Gasteiger partial charge in [0.05, 0.1) is 5.56 Å². The second-order valence-electron chi connectivity index (χ2n) is 5.67. The van der Waals surface area contributed by atoms with E-state index in [1.165, 1.54) is 25.3 Å². The van der Waals surface area contributed by atoms with Gasteiger partial charge < -0.3 is 10.9 Å². The summed E-state index contributed by atoms with van der Waals surface area (Å²) < 4.78 is 14.5. The standard InChI is InChI=1S/C16H24FN3O/c1-2-6-13-8-3-4-10-20(13)11-12-7-5-9-14(15(12)17)16(18)19-21/h5,7,9,13,21H,2-4,6,8,10-11H2,1H3,(H2,18,19). The third kappa shape index (κ3) is 3.73. The lowest BCUT2D eigenvalue weighted by Gasteiger charge is -2.35. The molecule has 3 N–H and O–H groups in total. The van der Waals surface area contributed by atoms with E-state index in [4.69, 9.17) is 10.9 Å². The van der Waals surface area contributed by atoms with Gasteiger partial charge in [-0.3, -0.25) is 4.90 Å². The van der Waals surface area contributed by atoms with Gasteiger partial charge in [-0.05, 0) is 31.9 Å². The number of rotatable bonds is 5. The van der Waals surface area contributed by atoms with Gasteiger partial charge in [0.2, 0.25) is 0 Å². The highest BCUT2D eigenvalue weighted by molar-refractivity contribution is 5.97. The van der Waals surface area contributed by atoms with E-state index in [1.807, 2.05) is 0 Å². The molecule has 0 aliphatic carbocycles. The van der Waals surface area contributed by atoms with Crippen molar-refractivity contribution in [2.24, 2.45) is 10.9 Å². The molecule has 1 saturated heterocycles. The van der Waals surface area contributed by atoms with Gasteiger partial charge in [0, 0.05) is 18.2 Å². The molecule has 0 spiro atoms. The van der Waals surface area contributed by atoms with Gasteiger partial charge in [-0.15, -0.1) is 0 Å². The van der Waals surface area contributed by atoms with Crippen LogP contribution in [0.2, 0.25) is 0 Å². The van der Waals surface area contributed by atoms with Crippen LogP contribution in [0.25, 0.3) is 0 Å². The van der Waals surface area contributed by atoms with Crippen LogP contribution in [-0.4, -0.2) is 28.5 Å². The van der Waals surface area contributed by atoms with Crippen molar-refractivity contribution in [1.29, 1.82) is 0 Å². The van der Waals surface area contributed by atoms with Crippen molar-refractivity contribution in [1.82, 2.24) is 4.90 Å². The molecule has 0 radical (unpaired) electrons. The first-order chi connectivity index (χ1) is 10.2. The first-order valence-electron chi connectivity index (χ1n) is 7.66. The van der Waals surface area contributed by atoms with Gasteiger partial charge in [-0.1, -0.05) is 37.1 Å². The smallest absolute Gasteiger partial charge is 0.173 e. The van der Waals surface area contributed by atoms with Crippen LogP contribution < -0.4 is 5.73 Å². The number of hydrogen-bond acceptors (Lipinski definition) is 3. The molecule has 21 heavy (non-hydrogen) atoms.